The number of alkyl halides is 1. The quantitative estimate of drug-likeness (QED) is 0.693. The fourth-order valence-corrected chi connectivity index (χ4v) is 3.02. The van der Waals surface area contributed by atoms with E-state index in [-0.39, 0.29) is 0 Å². The van der Waals surface area contributed by atoms with Gasteiger partial charge < -0.3 is 10.1 Å². The van der Waals surface area contributed by atoms with Crippen LogP contribution >= 0.6 is 0 Å². The SMILES string of the molecule is FC1(C2=CCCO2)CC2CCC(C1)N2. The van der Waals surface area contributed by atoms with E-state index in [4.69, 9.17) is 4.74 Å². The minimum Gasteiger partial charge on any atom is -0.495 e. The summed E-state index contributed by atoms with van der Waals surface area (Å²) in [7, 11) is 0. The van der Waals surface area contributed by atoms with Crippen molar-refractivity contribution in [1.82, 2.24) is 5.32 Å². The summed E-state index contributed by atoms with van der Waals surface area (Å²) in [6.45, 7) is 0.670. The van der Waals surface area contributed by atoms with E-state index < -0.39 is 5.67 Å². The molecular weight excluding hydrogens is 181 g/mol. The average molecular weight is 197 g/mol. The van der Waals surface area contributed by atoms with Crippen molar-refractivity contribution >= 4 is 0 Å². The van der Waals surface area contributed by atoms with Gasteiger partial charge in [-0.1, -0.05) is 0 Å². The highest BCUT2D eigenvalue weighted by molar-refractivity contribution is 5.18. The lowest BCUT2D eigenvalue weighted by molar-refractivity contribution is 0.0569. The zero-order valence-corrected chi connectivity index (χ0v) is 8.26. The van der Waals surface area contributed by atoms with Crippen LogP contribution in [0.3, 0.4) is 0 Å². The lowest BCUT2D eigenvalue weighted by Crippen LogP contribution is -2.47. The predicted molar refractivity (Wildman–Crippen MR) is 51.7 cm³/mol. The second-order valence-corrected chi connectivity index (χ2v) is 4.72. The maximum Gasteiger partial charge on any atom is 0.170 e. The summed E-state index contributed by atoms with van der Waals surface area (Å²) in [4.78, 5) is 0. The summed E-state index contributed by atoms with van der Waals surface area (Å²) < 4.78 is 20.0. The van der Waals surface area contributed by atoms with Gasteiger partial charge in [-0.3, -0.25) is 0 Å². The molecule has 1 N–H and O–H groups in total. The Morgan fingerprint density at radius 2 is 2.07 bits per heavy atom. The monoisotopic (exact) mass is 197 g/mol. The Morgan fingerprint density at radius 1 is 1.36 bits per heavy atom. The first-order chi connectivity index (χ1) is 6.76. The van der Waals surface area contributed by atoms with Gasteiger partial charge in [-0.05, 0) is 18.9 Å². The summed E-state index contributed by atoms with van der Waals surface area (Å²) in [5, 5.41) is 3.45. The van der Waals surface area contributed by atoms with Crippen LogP contribution in [0.25, 0.3) is 0 Å². The number of piperidine rings is 1. The first-order valence-electron chi connectivity index (χ1n) is 5.55. The fraction of sp³-hybridized carbons (Fsp3) is 0.818. The van der Waals surface area contributed by atoms with Crippen molar-refractivity contribution in [2.75, 3.05) is 6.61 Å². The molecule has 0 amide bonds. The van der Waals surface area contributed by atoms with E-state index in [2.05, 4.69) is 5.32 Å². The van der Waals surface area contributed by atoms with Crippen LogP contribution in [0, 0.1) is 0 Å². The topological polar surface area (TPSA) is 21.3 Å². The van der Waals surface area contributed by atoms with Gasteiger partial charge in [0.25, 0.3) is 0 Å². The van der Waals surface area contributed by atoms with E-state index in [0.29, 0.717) is 37.3 Å². The molecule has 2 fully saturated rings. The van der Waals surface area contributed by atoms with Gasteiger partial charge in [0.2, 0.25) is 0 Å². The van der Waals surface area contributed by atoms with Crippen molar-refractivity contribution in [3.05, 3.63) is 11.8 Å². The van der Waals surface area contributed by atoms with Crippen LogP contribution < -0.4 is 5.32 Å². The van der Waals surface area contributed by atoms with Gasteiger partial charge in [0.15, 0.2) is 5.67 Å². The highest BCUT2D eigenvalue weighted by Gasteiger charge is 2.47. The van der Waals surface area contributed by atoms with E-state index in [0.717, 1.165) is 19.3 Å². The van der Waals surface area contributed by atoms with E-state index in [1.807, 2.05) is 6.08 Å². The molecule has 2 nitrogen and oxygen atoms in total. The Hall–Kier alpha value is -0.570. The highest BCUT2D eigenvalue weighted by atomic mass is 19.1. The normalized spacial score (nSPS) is 46.2. The van der Waals surface area contributed by atoms with Crippen molar-refractivity contribution in [3.63, 3.8) is 0 Å². The van der Waals surface area contributed by atoms with Crippen LogP contribution in [-0.4, -0.2) is 24.4 Å². The molecule has 0 aromatic heterocycles. The van der Waals surface area contributed by atoms with Crippen LogP contribution in [0.2, 0.25) is 0 Å². The number of hydrogen-bond acceptors (Lipinski definition) is 2. The number of ether oxygens (including phenoxy) is 1. The Kier molecular flexibility index (Phi) is 1.84. The standard InChI is InChI=1S/C11H16FNO/c12-11(10-2-1-5-14-10)6-8-3-4-9(7-11)13-8/h2,8-9,13H,1,3-7H2. The molecule has 0 aliphatic carbocycles. The molecule has 2 atom stereocenters. The van der Waals surface area contributed by atoms with Crippen molar-refractivity contribution in [1.29, 1.82) is 0 Å². The van der Waals surface area contributed by atoms with Crippen molar-refractivity contribution < 1.29 is 9.13 Å². The first-order valence-corrected chi connectivity index (χ1v) is 5.55. The molecule has 0 aromatic carbocycles. The van der Waals surface area contributed by atoms with E-state index >= 15 is 0 Å². The summed E-state index contributed by atoms with van der Waals surface area (Å²) in [5.74, 6) is 0.621. The van der Waals surface area contributed by atoms with E-state index in [1.165, 1.54) is 0 Å². The molecule has 14 heavy (non-hydrogen) atoms. The average Bonchev–Trinajstić information content (AvgIpc) is 2.75. The molecule has 3 rings (SSSR count). The van der Waals surface area contributed by atoms with Crippen LogP contribution in [0.15, 0.2) is 11.8 Å². The van der Waals surface area contributed by atoms with Crippen molar-refractivity contribution in [2.24, 2.45) is 0 Å². The third kappa shape index (κ3) is 1.26. The maximum atomic E-state index is 14.6. The van der Waals surface area contributed by atoms with Crippen molar-refractivity contribution in [2.45, 2.75) is 49.9 Å². The second-order valence-electron chi connectivity index (χ2n) is 4.72. The molecule has 0 radical (unpaired) electrons. The molecule has 3 heterocycles. The van der Waals surface area contributed by atoms with Gasteiger partial charge in [0, 0.05) is 31.3 Å². The smallest absolute Gasteiger partial charge is 0.170 e. The molecule has 2 saturated heterocycles. The predicted octanol–water partition coefficient (Wildman–Crippen LogP) is 1.91. The van der Waals surface area contributed by atoms with Crippen LogP contribution in [0.5, 0.6) is 0 Å². The molecule has 0 aromatic rings. The van der Waals surface area contributed by atoms with Gasteiger partial charge in [-0.15, -0.1) is 0 Å². The highest BCUT2D eigenvalue weighted by Crippen LogP contribution is 2.42. The Bertz CT molecular complexity index is 264. The van der Waals surface area contributed by atoms with Gasteiger partial charge >= 0.3 is 0 Å². The summed E-state index contributed by atoms with van der Waals surface area (Å²) in [6, 6.07) is 0.757. The molecule has 0 saturated carbocycles. The number of halogens is 1. The number of rotatable bonds is 1. The number of allylic oxidation sites excluding steroid dienone is 1. The van der Waals surface area contributed by atoms with E-state index in [9.17, 15) is 4.39 Å². The number of nitrogens with one attached hydrogen (secondary N) is 1. The zero-order chi connectivity index (χ0) is 9.60. The summed E-state index contributed by atoms with van der Waals surface area (Å²) in [6.07, 6.45) is 6.28. The molecule has 3 heteroatoms. The third-order valence-electron chi connectivity index (χ3n) is 3.62. The van der Waals surface area contributed by atoms with Gasteiger partial charge in [0.05, 0.1) is 6.61 Å². The summed E-state index contributed by atoms with van der Waals surface area (Å²) in [5.41, 5.74) is -1.16. The Morgan fingerprint density at radius 3 is 2.64 bits per heavy atom. The van der Waals surface area contributed by atoms with E-state index in [1.54, 1.807) is 0 Å². The minimum atomic E-state index is -1.16. The fourth-order valence-electron chi connectivity index (χ4n) is 3.02. The van der Waals surface area contributed by atoms with Gasteiger partial charge in [-0.25, -0.2) is 4.39 Å². The molecule has 2 bridgehead atoms. The third-order valence-corrected chi connectivity index (χ3v) is 3.62. The summed E-state index contributed by atoms with van der Waals surface area (Å²) >= 11 is 0. The Labute approximate surface area is 83.5 Å². The number of fused-ring (bicyclic) bond motifs is 2. The molecule has 3 aliphatic heterocycles. The molecule has 78 valence electrons. The van der Waals surface area contributed by atoms with Crippen LogP contribution in [-0.2, 0) is 4.74 Å². The second kappa shape index (κ2) is 2.96. The Balaban J connectivity index is 1.82. The largest absolute Gasteiger partial charge is 0.495 e. The van der Waals surface area contributed by atoms with Crippen molar-refractivity contribution in [3.8, 4) is 0 Å². The van der Waals surface area contributed by atoms with Gasteiger partial charge in [-0.2, -0.15) is 0 Å². The zero-order valence-electron chi connectivity index (χ0n) is 8.26. The lowest BCUT2D eigenvalue weighted by Gasteiger charge is -2.35. The molecule has 2 unspecified atom stereocenters. The molecular formula is C11H16FNO. The minimum absolute atomic E-state index is 0.379. The molecule has 0 spiro atoms. The maximum absolute atomic E-state index is 14.6. The van der Waals surface area contributed by atoms with Crippen LogP contribution in [0.4, 0.5) is 4.39 Å². The lowest BCUT2D eigenvalue weighted by atomic mass is 9.87. The van der Waals surface area contributed by atoms with Crippen LogP contribution in [0.1, 0.15) is 32.1 Å². The molecule has 3 aliphatic rings. The number of hydrogen-bond donors (Lipinski definition) is 1. The van der Waals surface area contributed by atoms with Gasteiger partial charge in [0.1, 0.15) is 5.76 Å². The first kappa shape index (κ1) is 8.72.